The number of aliphatic carboxylic acids is 1. The Balaban J connectivity index is 3.08. The van der Waals surface area contributed by atoms with Gasteiger partial charge in [-0.25, -0.2) is 4.79 Å². The second-order valence-electron chi connectivity index (χ2n) is 4.51. The molecule has 0 aliphatic heterocycles. The summed E-state index contributed by atoms with van der Waals surface area (Å²) in [6, 6.07) is 2.40. The smallest absolute Gasteiger partial charge is 0.368 e. The maximum Gasteiger partial charge on any atom is 0.368 e. The van der Waals surface area contributed by atoms with E-state index in [1.54, 1.807) is 0 Å². The van der Waals surface area contributed by atoms with E-state index < -0.39 is 33.2 Å². The first-order valence-electron chi connectivity index (χ1n) is 6.49. The van der Waals surface area contributed by atoms with Crippen LogP contribution in [0.3, 0.4) is 0 Å². The molecule has 1 aromatic rings. The molecule has 0 heterocycles. The highest BCUT2D eigenvalue weighted by Crippen LogP contribution is 2.34. The molecular weight excluding hydrogens is 296 g/mol. The van der Waals surface area contributed by atoms with E-state index in [4.69, 9.17) is 10.8 Å². The van der Waals surface area contributed by atoms with Gasteiger partial charge in [0, 0.05) is 6.07 Å². The van der Waals surface area contributed by atoms with Gasteiger partial charge in [0.1, 0.15) is 11.7 Å². The van der Waals surface area contributed by atoms with Gasteiger partial charge in [0.15, 0.2) is 0 Å². The second kappa shape index (κ2) is 7.88. The molecule has 0 aliphatic rings. The molecule has 0 saturated carbocycles. The van der Waals surface area contributed by atoms with Gasteiger partial charge in [-0.15, -0.1) is 0 Å². The van der Waals surface area contributed by atoms with E-state index in [1.807, 2.05) is 0 Å². The first kappa shape index (κ1) is 17.3. The van der Waals surface area contributed by atoms with Crippen molar-refractivity contribution in [2.24, 2.45) is 5.73 Å². The van der Waals surface area contributed by atoms with Crippen LogP contribution in [0.2, 0.25) is 0 Å². The number of hydrogen-bond donors (Lipinski definition) is 3. The van der Waals surface area contributed by atoms with E-state index in [0.717, 1.165) is 6.07 Å². The number of benzene rings is 1. The van der Waals surface area contributed by atoms with E-state index in [0.29, 0.717) is 19.4 Å². The van der Waals surface area contributed by atoms with Crippen molar-refractivity contribution in [1.29, 1.82) is 0 Å². The zero-order valence-corrected chi connectivity index (χ0v) is 11.6. The molecule has 0 aromatic heterocycles. The predicted octanol–water partition coefficient (Wildman–Crippen LogP) is 1.50. The van der Waals surface area contributed by atoms with Gasteiger partial charge >= 0.3 is 17.3 Å². The molecule has 22 heavy (non-hydrogen) atoms. The first-order chi connectivity index (χ1) is 10.4. The molecule has 1 aromatic carbocycles. The summed E-state index contributed by atoms with van der Waals surface area (Å²) < 4.78 is 0. The topological polar surface area (TPSA) is 162 Å². The lowest BCUT2D eigenvalue weighted by molar-refractivity contribution is -0.421. The minimum absolute atomic E-state index is 0.195. The Morgan fingerprint density at radius 1 is 1.27 bits per heavy atom. The molecule has 0 amide bonds. The van der Waals surface area contributed by atoms with Gasteiger partial charge < -0.3 is 16.2 Å². The zero-order valence-electron chi connectivity index (χ0n) is 11.6. The van der Waals surface area contributed by atoms with Gasteiger partial charge in [0.25, 0.3) is 0 Å². The lowest BCUT2D eigenvalue weighted by atomic mass is 10.1. The van der Waals surface area contributed by atoms with Gasteiger partial charge in [-0.2, -0.15) is 0 Å². The standard InChI is InChI=1S/C12H16N4O6/c13-7-2-1-4-9(12(17)18)14-8-5-3-6-10(15(19)20)11(8)16(21)22/h3,5-6,9,14H,1-2,4,7,13H2,(H,17,18). The number of nitrogens with two attached hydrogens (primary N) is 1. The number of carboxylic acids is 1. The van der Waals surface area contributed by atoms with Crippen molar-refractivity contribution in [3.63, 3.8) is 0 Å². The number of hydrogen-bond acceptors (Lipinski definition) is 7. The number of rotatable bonds is 9. The summed E-state index contributed by atoms with van der Waals surface area (Å²) in [5, 5.41) is 33.5. The highest BCUT2D eigenvalue weighted by molar-refractivity contribution is 5.80. The summed E-state index contributed by atoms with van der Waals surface area (Å²) in [7, 11) is 0. The summed E-state index contributed by atoms with van der Waals surface area (Å²) in [6.07, 6.45) is 1.33. The van der Waals surface area contributed by atoms with Crippen LogP contribution in [0.4, 0.5) is 17.1 Å². The number of nitro groups is 2. The third-order valence-corrected chi connectivity index (χ3v) is 2.97. The predicted molar refractivity (Wildman–Crippen MR) is 77.7 cm³/mol. The normalized spacial score (nSPS) is 11.7. The van der Waals surface area contributed by atoms with Crippen LogP contribution >= 0.6 is 0 Å². The summed E-state index contributed by atoms with van der Waals surface area (Å²) in [5.41, 5.74) is 3.69. The van der Waals surface area contributed by atoms with Crippen molar-refractivity contribution in [3.05, 3.63) is 38.4 Å². The number of unbranched alkanes of at least 4 members (excludes halogenated alkanes) is 1. The third-order valence-electron chi connectivity index (χ3n) is 2.97. The maximum atomic E-state index is 11.2. The highest BCUT2D eigenvalue weighted by Gasteiger charge is 2.30. The van der Waals surface area contributed by atoms with Gasteiger partial charge in [-0.1, -0.05) is 6.07 Å². The van der Waals surface area contributed by atoms with Crippen molar-refractivity contribution in [2.75, 3.05) is 11.9 Å². The van der Waals surface area contributed by atoms with Crippen LogP contribution in [0.1, 0.15) is 19.3 Å². The Hall–Kier alpha value is -2.75. The molecule has 1 unspecified atom stereocenters. The monoisotopic (exact) mass is 312 g/mol. The molecular formula is C12H16N4O6. The van der Waals surface area contributed by atoms with E-state index in [1.165, 1.54) is 12.1 Å². The molecule has 4 N–H and O–H groups in total. The fourth-order valence-electron chi connectivity index (χ4n) is 1.92. The summed E-state index contributed by atoms with van der Waals surface area (Å²) in [4.78, 5) is 31.3. The number of nitro benzene ring substituents is 2. The molecule has 1 rings (SSSR count). The van der Waals surface area contributed by atoms with Gasteiger partial charge in [-0.3, -0.25) is 20.2 Å². The molecule has 10 heteroatoms. The van der Waals surface area contributed by atoms with E-state index >= 15 is 0 Å². The minimum atomic E-state index is -1.20. The number of nitrogens with one attached hydrogen (secondary N) is 1. The molecule has 0 fully saturated rings. The molecule has 0 aliphatic carbocycles. The largest absolute Gasteiger partial charge is 0.480 e. The zero-order chi connectivity index (χ0) is 16.7. The third kappa shape index (κ3) is 4.38. The van der Waals surface area contributed by atoms with Crippen LogP contribution in [0.15, 0.2) is 18.2 Å². The number of para-hydroxylation sites is 1. The molecule has 0 radical (unpaired) electrons. The Morgan fingerprint density at radius 2 is 1.95 bits per heavy atom. The van der Waals surface area contributed by atoms with Gasteiger partial charge in [0.05, 0.1) is 9.85 Å². The van der Waals surface area contributed by atoms with Crippen molar-refractivity contribution >= 4 is 23.0 Å². The summed E-state index contributed by atoms with van der Waals surface area (Å²) in [5.74, 6) is -1.20. The highest BCUT2D eigenvalue weighted by atomic mass is 16.6. The Morgan fingerprint density at radius 3 is 2.45 bits per heavy atom. The molecule has 1 atom stereocenters. The Labute approximate surface area is 125 Å². The lowest BCUT2D eigenvalue weighted by Gasteiger charge is -2.15. The van der Waals surface area contributed by atoms with Crippen LogP contribution in [-0.2, 0) is 4.79 Å². The van der Waals surface area contributed by atoms with E-state index in [9.17, 15) is 25.0 Å². The fourth-order valence-corrected chi connectivity index (χ4v) is 1.92. The van der Waals surface area contributed by atoms with Crippen molar-refractivity contribution < 1.29 is 19.7 Å². The number of carboxylic acid groups (broad SMARTS) is 1. The fraction of sp³-hybridized carbons (Fsp3) is 0.417. The van der Waals surface area contributed by atoms with Crippen molar-refractivity contribution in [3.8, 4) is 0 Å². The Kier molecular flexibility index (Phi) is 6.20. The number of nitrogens with zero attached hydrogens (tertiary/aromatic N) is 2. The van der Waals surface area contributed by atoms with Gasteiger partial charge in [-0.05, 0) is 31.9 Å². The average molecular weight is 312 g/mol. The maximum absolute atomic E-state index is 11.2. The second-order valence-corrected chi connectivity index (χ2v) is 4.51. The van der Waals surface area contributed by atoms with E-state index in [-0.39, 0.29) is 12.1 Å². The lowest BCUT2D eigenvalue weighted by Crippen LogP contribution is -2.29. The van der Waals surface area contributed by atoms with Crippen LogP contribution in [0.5, 0.6) is 0 Å². The first-order valence-corrected chi connectivity index (χ1v) is 6.49. The molecule has 0 saturated heterocycles. The van der Waals surface area contributed by atoms with Crippen molar-refractivity contribution in [1.82, 2.24) is 0 Å². The average Bonchev–Trinajstić information content (AvgIpc) is 2.45. The molecule has 10 nitrogen and oxygen atoms in total. The summed E-state index contributed by atoms with van der Waals surface area (Å²) in [6.45, 7) is 0.406. The number of anilines is 1. The van der Waals surface area contributed by atoms with Crippen LogP contribution in [0, 0.1) is 20.2 Å². The Bertz CT molecular complexity index is 577. The van der Waals surface area contributed by atoms with E-state index in [2.05, 4.69) is 5.32 Å². The molecule has 120 valence electrons. The van der Waals surface area contributed by atoms with Crippen LogP contribution < -0.4 is 11.1 Å². The van der Waals surface area contributed by atoms with Crippen molar-refractivity contribution in [2.45, 2.75) is 25.3 Å². The van der Waals surface area contributed by atoms with Crippen LogP contribution in [-0.4, -0.2) is 33.5 Å². The molecule has 0 spiro atoms. The number of carbonyl (C=O) groups is 1. The minimum Gasteiger partial charge on any atom is -0.480 e. The van der Waals surface area contributed by atoms with Gasteiger partial charge in [0.2, 0.25) is 0 Å². The quantitative estimate of drug-likeness (QED) is 0.351. The molecule has 0 bridgehead atoms. The summed E-state index contributed by atoms with van der Waals surface area (Å²) >= 11 is 0. The van der Waals surface area contributed by atoms with Crippen LogP contribution in [0.25, 0.3) is 0 Å². The SMILES string of the molecule is NCCCCC(Nc1cccc([N+](=O)[O-])c1[N+](=O)[O-])C(=O)O.